The topological polar surface area (TPSA) is 46.2 Å². The Morgan fingerprint density at radius 3 is 1.43 bits per heavy atom. The van der Waals surface area contributed by atoms with Crippen molar-refractivity contribution < 1.29 is 22.8 Å². The van der Waals surface area contributed by atoms with Crippen molar-refractivity contribution in [3.8, 4) is 0 Å². The minimum atomic E-state index is -2.64. The van der Waals surface area contributed by atoms with Gasteiger partial charge in [-0.05, 0) is 34.6 Å². The second kappa shape index (κ2) is 12.7. The Hall–Kier alpha value is 0.234. The molecule has 0 spiro atoms. The fourth-order valence-electron chi connectivity index (χ4n) is 2.43. The zero-order valence-electron chi connectivity index (χ0n) is 14.6. The molecule has 0 heterocycles. The third-order valence-corrected chi connectivity index (χ3v) is 10.9. The Kier molecular flexibility index (Phi) is 12.9. The SMILES string of the molecule is CCOC(OCC)[SiH2]C(CC)[Si](OCC)(OCC)OCC. The Bertz CT molecular complexity index is 220. The zero-order chi connectivity index (χ0) is 16.1. The predicted octanol–water partition coefficient (Wildman–Crippen LogP) is 2.30. The molecule has 0 aromatic rings. The first kappa shape index (κ1) is 21.2. The first-order valence-electron chi connectivity index (χ1n) is 8.28. The molecule has 0 saturated heterocycles. The predicted molar refractivity (Wildman–Crippen MR) is 90.3 cm³/mol. The summed E-state index contributed by atoms with van der Waals surface area (Å²) in [5, 5.41) is 0.320. The van der Waals surface area contributed by atoms with Crippen LogP contribution in [0, 0.1) is 0 Å². The second-order valence-corrected chi connectivity index (χ2v) is 10.4. The fourth-order valence-corrected chi connectivity index (χ4v) is 9.43. The highest BCUT2D eigenvalue weighted by molar-refractivity contribution is 6.74. The molecular weight excluding hydrogens is 304 g/mol. The summed E-state index contributed by atoms with van der Waals surface area (Å²) >= 11 is 0. The zero-order valence-corrected chi connectivity index (χ0v) is 17.1. The molecule has 21 heavy (non-hydrogen) atoms. The average molecular weight is 339 g/mol. The number of hydrogen-bond donors (Lipinski definition) is 0. The standard InChI is InChI=1S/C14H34O5Si2/c1-7-13(20-14(15-8-2)16-9-3)21(17-10-4,18-11-5)19-12-6/h13-14H,7-12,20H2,1-6H3. The van der Waals surface area contributed by atoms with Crippen LogP contribution >= 0.6 is 0 Å². The van der Waals surface area contributed by atoms with Crippen LogP contribution in [0.4, 0.5) is 0 Å². The third kappa shape index (κ3) is 7.36. The van der Waals surface area contributed by atoms with E-state index >= 15 is 0 Å². The molecule has 1 unspecified atom stereocenters. The van der Waals surface area contributed by atoms with E-state index in [0.717, 1.165) is 6.42 Å². The summed E-state index contributed by atoms with van der Waals surface area (Å²) in [6.45, 7) is 15.3. The van der Waals surface area contributed by atoms with Crippen molar-refractivity contribution in [1.29, 1.82) is 0 Å². The Labute approximate surface area is 133 Å². The van der Waals surface area contributed by atoms with Gasteiger partial charge in [-0.1, -0.05) is 13.3 Å². The largest absolute Gasteiger partial charge is 0.501 e. The molecule has 0 aromatic carbocycles. The lowest BCUT2D eigenvalue weighted by Gasteiger charge is -2.36. The number of rotatable bonds is 14. The Balaban J connectivity index is 5.06. The first-order valence-corrected chi connectivity index (χ1v) is 11.7. The minimum Gasteiger partial charge on any atom is -0.374 e. The quantitative estimate of drug-likeness (QED) is 0.359. The molecule has 5 nitrogen and oxygen atoms in total. The van der Waals surface area contributed by atoms with Crippen molar-refractivity contribution in [2.75, 3.05) is 33.0 Å². The van der Waals surface area contributed by atoms with Gasteiger partial charge in [0.25, 0.3) is 0 Å². The molecule has 0 saturated carbocycles. The molecular formula is C14H34O5Si2. The molecule has 0 amide bonds. The summed E-state index contributed by atoms with van der Waals surface area (Å²) in [7, 11) is -3.35. The molecule has 0 aliphatic heterocycles. The van der Waals surface area contributed by atoms with Crippen LogP contribution in [0.15, 0.2) is 0 Å². The van der Waals surface area contributed by atoms with Gasteiger partial charge in [-0.25, -0.2) is 0 Å². The molecule has 0 aromatic heterocycles. The van der Waals surface area contributed by atoms with Crippen molar-refractivity contribution in [2.24, 2.45) is 0 Å². The lowest BCUT2D eigenvalue weighted by atomic mass is 10.6. The van der Waals surface area contributed by atoms with Gasteiger partial charge in [0.05, 0.1) is 9.52 Å². The van der Waals surface area contributed by atoms with E-state index in [0.29, 0.717) is 38.2 Å². The van der Waals surface area contributed by atoms with Crippen LogP contribution in [-0.2, 0) is 22.8 Å². The normalized spacial score (nSPS) is 14.4. The third-order valence-electron chi connectivity index (χ3n) is 3.21. The van der Waals surface area contributed by atoms with Gasteiger partial charge in [-0.2, -0.15) is 0 Å². The van der Waals surface area contributed by atoms with Crippen molar-refractivity contribution in [1.82, 2.24) is 0 Å². The maximum Gasteiger partial charge on any atom is 0.501 e. The van der Waals surface area contributed by atoms with Crippen LogP contribution in [0.1, 0.15) is 48.0 Å². The monoisotopic (exact) mass is 338 g/mol. The van der Waals surface area contributed by atoms with E-state index in [1.54, 1.807) is 0 Å². The van der Waals surface area contributed by atoms with E-state index in [4.69, 9.17) is 22.8 Å². The van der Waals surface area contributed by atoms with Gasteiger partial charge in [0, 0.05) is 38.2 Å². The number of hydrogen-bond acceptors (Lipinski definition) is 5. The molecule has 0 rings (SSSR count). The van der Waals surface area contributed by atoms with E-state index in [-0.39, 0.29) is 5.91 Å². The summed E-state index contributed by atoms with van der Waals surface area (Å²) in [6.07, 6.45) is 0.981. The molecule has 0 N–H and O–H groups in total. The molecule has 0 aliphatic rings. The number of ether oxygens (including phenoxy) is 2. The smallest absolute Gasteiger partial charge is 0.374 e. The van der Waals surface area contributed by atoms with E-state index in [2.05, 4.69) is 6.92 Å². The summed E-state index contributed by atoms with van der Waals surface area (Å²) in [5.41, 5.74) is 0. The molecule has 0 aliphatic carbocycles. The molecule has 128 valence electrons. The molecule has 0 radical (unpaired) electrons. The highest BCUT2D eigenvalue weighted by Crippen LogP contribution is 2.29. The summed E-state index contributed by atoms with van der Waals surface area (Å²) in [5.74, 6) is -0.0850. The van der Waals surface area contributed by atoms with Crippen LogP contribution in [0.3, 0.4) is 0 Å². The van der Waals surface area contributed by atoms with Gasteiger partial charge < -0.3 is 22.8 Å². The summed E-state index contributed by atoms with van der Waals surface area (Å²) < 4.78 is 29.6. The van der Waals surface area contributed by atoms with Crippen LogP contribution in [0.2, 0.25) is 5.16 Å². The first-order chi connectivity index (χ1) is 10.1. The van der Waals surface area contributed by atoms with E-state index < -0.39 is 18.3 Å². The van der Waals surface area contributed by atoms with Crippen LogP contribution in [0.5, 0.6) is 0 Å². The summed E-state index contributed by atoms with van der Waals surface area (Å²) in [4.78, 5) is 0. The van der Waals surface area contributed by atoms with E-state index in [9.17, 15) is 0 Å². The maximum absolute atomic E-state index is 6.04. The Morgan fingerprint density at radius 1 is 0.714 bits per heavy atom. The minimum absolute atomic E-state index is 0.0850. The highest BCUT2D eigenvalue weighted by Gasteiger charge is 2.49. The van der Waals surface area contributed by atoms with Crippen LogP contribution in [0.25, 0.3) is 0 Å². The van der Waals surface area contributed by atoms with Crippen LogP contribution in [-0.4, -0.2) is 57.3 Å². The van der Waals surface area contributed by atoms with Gasteiger partial charge in [-0.15, -0.1) is 0 Å². The second-order valence-electron chi connectivity index (χ2n) is 4.58. The molecule has 0 bridgehead atoms. The maximum atomic E-state index is 6.04. The van der Waals surface area contributed by atoms with Crippen molar-refractivity contribution in [3.05, 3.63) is 0 Å². The van der Waals surface area contributed by atoms with Gasteiger partial charge >= 0.3 is 8.80 Å². The van der Waals surface area contributed by atoms with E-state index in [1.807, 2.05) is 34.6 Å². The summed E-state index contributed by atoms with van der Waals surface area (Å²) in [6, 6.07) is 0. The average Bonchev–Trinajstić information content (AvgIpc) is 2.45. The molecule has 1 atom stereocenters. The van der Waals surface area contributed by atoms with Crippen molar-refractivity contribution in [3.63, 3.8) is 0 Å². The lowest BCUT2D eigenvalue weighted by Crippen LogP contribution is -2.54. The van der Waals surface area contributed by atoms with Crippen LogP contribution < -0.4 is 0 Å². The van der Waals surface area contributed by atoms with Crippen molar-refractivity contribution in [2.45, 2.75) is 59.0 Å². The Morgan fingerprint density at radius 2 is 1.14 bits per heavy atom. The molecule has 0 fully saturated rings. The lowest BCUT2D eigenvalue weighted by molar-refractivity contribution is -0.0836. The van der Waals surface area contributed by atoms with E-state index in [1.165, 1.54) is 0 Å². The van der Waals surface area contributed by atoms with Gasteiger partial charge in [0.1, 0.15) is 5.91 Å². The van der Waals surface area contributed by atoms with Crippen molar-refractivity contribution >= 4 is 18.3 Å². The van der Waals surface area contributed by atoms with Gasteiger partial charge in [0.2, 0.25) is 0 Å². The molecule has 7 heteroatoms. The van der Waals surface area contributed by atoms with Gasteiger partial charge in [-0.3, -0.25) is 0 Å². The fraction of sp³-hybridized carbons (Fsp3) is 1.00. The highest BCUT2D eigenvalue weighted by atomic mass is 28.4. The van der Waals surface area contributed by atoms with Gasteiger partial charge in [0.15, 0.2) is 0 Å².